The Morgan fingerprint density at radius 1 is 1.07 bits per heavy atom. The van der Waals surface area contributed by atoms with Gasteiger partial charge < -0.3 is 15.4 Å². The molecule has 1 aliphatic rings. The highest BCUT2D eigenvalue weighted by molar-refractivity contribution is 7.10. The van der Waals surface area contributed by atoms with Crippen molar-refractivity contribution >= 4 is 23.2 Å². The van der Waals surface area contributed by atoms with Gasteiger partial charge in [0.25, 0.3) is 5.91 Å². The number of hydrogen-bond acceptors (Lipinski definition) is 5. The number of benzene rings is 1. The lowest BCUT2D eigenvalue weighted by molar-refractivity contribution is -0.121. The van der Waals surface area contributed by atoms with E-state index in [0.29, 0.717) is 18.7 Å². The van der Waals surface area contributed by atoms with Crippen molar-refractivity contribution in [2.24, 2.45) is 0 Å². The molecule has 0 aliphatic carbocycles. The summed E-state index contributed by atoms with van der Waals surface area (Å²) in [5.41, 5.74) is 0.600. The first-order valence-corrected chi connectivity index (χ1v) is 10.1. The second kappa shape index (κ2) is 10.2. The molecular formula is C20H25N3O3S. The van der Waals surface area contributed by atoms with E-state index in [-0.39, 0.29) is 24.3 Å². The van der Waals surface area contributed by atoms with Crippen molar-refractivity contribution in [3.63, 3.8) is 0 Å². The summed E-state index contributed by atoms with van der Waals surface area (Å²) in [4.78, 5) is 27.8. The van der Waals surface area contributed by atoms with Gasteiger partial charge in [0.15, 0.2) is 0 Å². The maximum Gasteiger partial charge on any atom is 0.251 e. The van der Waals surface area contributed by atoms with Crippen LogP contribution in [0.5, 0.6) is 0 Å². The smallest absolute Gasteiger partial charge is 0.251 e. The number of nitrogens with zero attached hydrogens (tertiary/aromatic N) is 1. The fraction of sp³-hybridized carbons (Fsp3) is 0.400. The topological polar surface area (TPSA) is 70.7 Å². The molecule has 144 valence electrons. The van der Waals surface area contributed by atoms with Gasteiger partial charge in [-0.15, -0.1) is 11.3 Å². The summed E-state index contributed by atoms with van der Waals surface area (Å²) >= 11 is 1.70. The number of ether oxygens (including phenoxy) is 1. The SMILES string of the molecule is O=C(CCNC(=O)c1ccccc1)NCC(c1cccs1)N1CCOCC1. The van der Waals surface area contributed by atoms with Crippen LogP contribution < -0.4 is 10.6 Å². The lowest BCUT2D eigenvalue weighted by Crippen LogP contribution is -2.43. The minimum atomic E-state index is -0.159. The van der Waals surface area contributed by atoms with E-state index in [1.807, 2.05) is 24.3 Å². The number of morpholine rings is 1. The summed E-state index contributed by atoms with van der Waals surface area (Å²) < 4.78 is 5.44. The lowest BCUT2D eigenvalue weighted by Gasteiger charge is -2.34. The Hall–Kier alpha value is -2.22. The van der Waals surface area contributed by atoms with Crippen LogP contribution in [-0.4, -0.2) is 56.1 Å². The molecule has 27 heavy (non-hydrogen) atoms. The Labute approximate surface area is 163 Å². The number of carbonyl (C=O) groups excluding carboxylic acids is 2. The molecule has 1 aromatic heterocycles. The van der Waals surface area contributed by atoms with Gasteiger partial charge in [-0.1, -0.05) is 24.3 Å². The van der Waals surface area contributed by atoms with Gasteiger partial charge in [-0.05, 0) is 23.6 Å². The van der Waals surface area contributed by atoms with Crippen LogP contribution in [0.25, 0.3) is 0 Å². The molecule has 0 saturated carbocycles. The van der Waals surface area contributed by atoms with Crippen LogP contribution in [0.4, 0.5) is 0 Å². The molecule has 1 aliphatic heterocycles. The number of rotatable bonds is 8. The Kier molecular flexibility index (Phi) is 7.38. The van der Waals surface area contributed by atoms with Gasteiger partial charge >= 0.3 is 0 Å². The highest BCUT2D eigenvalue weighted by Crippen LogP contribution is 2.25. The molecule has 1 atom stereocenters. The van der Waals surface area contributed by atoms with E-state index in [1.165, 1.54) is 4.88 Å². The van der Waals surface area contributed by atoms with Crippen LogP contribution in [0.1, 0.15) is 27.7 Å². The molecule has 3 rings (SSSR count). The third-order valence-electron chi connectivity index (χ3n) is 4.52. The average Bonchev–Trinajstić information content (AvgIpc) is 3.24. The molecule has 1 unspecified atom stereocenters. The van der Waals surface area contributed by atoms with Crippen LogP contribution in [0, 0.1) is 0 Å². The van der Waals surface area contributed by atoms with E-state index in [4.69, 9.17) is 4.74 Å². The highest BCUT2D eigenvalue weighted by atomic mass is 32.1. The number of amides is 2. The lowest BCUT2D eigenvalue weighted by atomic mass is 10.2. The maximum absolute atomic E-state index is 12.2. The quantitative estimate of drug-likeness (QED) is 0.727. The number of thiophene rings is 1. The zero-order chi connectivity index (χ0) is 18.9. The molecule has 0 bridgehead atoms. The van der Waals surface area contributed by atoms with E-state index in [1.54, 1.807) is 23.5 Å². The van der Waals surface area contributed by atoms with E-state index in [2.05, 4.69) is 27.0 Å². The van der Waals surface area contributed by atoms with Crippen molar-refractivity contribution < 1.29 is 14.3 Å². The van der Waals surface area contributed by atoms with Gasteiger partial charge in [-0.3, -0.25) is 14.5 Å². The van der Waals surface area contributed by atoms with Gasteiger partial charge in [0.05, 0.1) is 19.3 Å². The summed E-state index contributed by atoms with van der Waals surface area (Å²) in [5.74, 6) is -0.216. The monoisotopic (exact) mass is 387 g/mol. The molecule has 2 heterocycles. The van der Waals surface area contributed by atoms with Crippen LogP contribution in [0.2, 0.25) is 0 Å². The molecule has 2 amide bonds. The minimum Gasteiger partial charge on any atom is -0.379 e. The first-order valence-electron chi connectivity index (χ1n) is 9.19. The normalized spacial score (nSPS) is 15.9. The largest absolute Gasteiger partial charge is 0.379 e. The number of hydrogen-bond donors (Lipinski definition) is 2. The van der Waals surface area contributed by atoms with Crippen LogP contribution >= 0.6 is 11.3 Å². The van der Waals surface area contributed by atoms with Crippen molar-refractivity contribution in [3.8, 4) is 0 Å². The second-order valence-corrected chi connectivity index (χ2v) is 7.33. The highest BCUT2D eigenvalue weighted by Gasteiger charge is 2.23. The fourth-order valence-electron chi connectivity index (χ4n) is 3.06. The molecule has 1 fully saturated rings. The fourth-order valence-corrected chi connectivity index (χ4v) is 3.92. The average molecular weight is 388 g/mol. The number of carbonyl (C=O) groups is 2. The summed E-state index contributed by atoms with van der Waals surface area (Å²) in [6.45, 7) is 4.06. The molecule has 2 aromatic rings. The van der Waals surface area contributed by atoms with E-state index in [0.717, 1.165) is 26.3 Å². The van der Waals surface area contributed by atoms with Crippen LogP contribution in [0.3, 0.4) is 0 Å². The van der Waals surface area contributed by atoms with Gasteiger partial charge in [0, 0.05) is 43.0 Å². The van der Waals surface area contributed by atoms with Crippen molar-refractivity contribution in [1.82, 2.24) is 15.5 Å². The predicted octanol–water partition coefficient (Wildman–Crippen LogP) is 2.06. The number of nitrogens with one attached hydrogen (secondary N) is 2. The maximum atomic E-state index is 12.2. The van der Waals surface area contributed by atoms with E-state index < -0.39 is 0 Å². The second-order valence-electron chi connectivity index (χ2n) is 6.36. The first kappa shape index (κ1) is 19.5. The Morgan fingerprint density at radius 2 is 1.85 bits per heavy atom. The minimum absolute atomic E-state index is 0.0572. The standard InChI is InChI=1S/C20H25N3O3S/c24-19(8-9-21-20(25)16-5-2-1-3-6-16)22-15-17(18-7-4-14-27-18)23-10-12-26-13-11-23/h1-7,14,17H,8-13,15H2,(H,21,25)(H,22,24). The van der Waals surface area contributed by atoms with Gasteiger partial charge in [-0.25, -0.2) is 0 Å². The molecule has 1 saturated heterocycles. The zero-order valence-corrected chi connectivity index (χ0v) is 16.0. The van der Waals surface area contributed by atoms with Crippen molar-refractivity contribution in [3.05, 3.63) is 58.3 Å². The Morgan fingerprint density at radius 3 is 2.56 bits per heavy atom. The molecule has 0 spiro atoms. The van der Waals surface area contributed by atoms with E-state index >= 15 is 0 Å². The van der Waals surface area contributed by atoms with Gasteiger partial charge in [-0.2, -0.15) is 0 Å². The first-order chi connectivity index (χ1) is 13.2. The molecule has 6 nitrogen and oxygen atoms in total. The zero-order valence-electron chi connectivity index (χ0n) is 15.2. The third kappa shape index (κ3) is 5.89. The van der Waals surface area contributed by atoms with Gasteiger partial charge in [0.1, 0.15) is 0 Å². The molecule has 1 aromatic carbocycles. The van der Waals surface area contributed by atoms with Crippen LogP contribution in [0.15, 0.2) is 47.8 Å². The molecule has 2 N–H and O–H groups in total. The molecule has 7 heteroatoms. The summed E-state index contributed by atoms with van der Waals surface area (Å²) in [6, 6.07) is 13.3. The van der Waals surface area contributed by atoms with Gasteiger partial charge in [0.2, 0.25) is 5.91 Å². The predicted molar refractivity (Wildman–Crippen MR) is 106 cm³/mol. The van der Waals surface area contributed by atoms with Crippen molar-refractivity contribution in [2.75, 3.05) is 39.4 Å². The third-order valence-corrected chi connectivity index (χ3v) is 5.50. The van der Waals surface area contributed by atoms with Crippen LogP contribution in [-0.2, 0) is 9.53 Å². The summed E-state index contributed by atoms with van der Waals surface area (Å²) in [5, 5.41) is 7.86. The summed E-state index contributed by atoms with van der Waals surface area (Å²) in [7, 11) is 0. The summed E-state index contributed by atoms with van der Waals surface area (Å²) in [6.07, 6.45) is 0.263. The van der Waals surface area contributed by atoms with Crippen molar-refractivity contribution in [2.45, 2.75) is 12.5 Å². The Balaban J connectivity index is 1.44. The molecule has 0 radical (unpaired) electrons. The molecular weight excluding hydrogens is 362 g/mol. The Bertz CT molecular complexity index is 715. The van der Waals surface area contributed by atoms with Crippen molar-refractivity contribution in [1.29, 1.82) is 0 Å². The van der Waals surface area contributed by atoms with E-state index in [9.17, 15) is 9.59 Å².